The van der Waals surface area contributed by atoms with E-state index in [1.165, 1.54) is 5.56 Å². The van der Waals surface area contributed by atoms with Gasteiger partial charge in [0.25, 0.3) is 0 Å². The Morgan fingerprint density at radius 3 is 2.81 bits per heavy atom. The Hall–Kier alpha value is -1.52. The molecular weight excluding hydrogens is 330 g/mol. The van der Waals surface area contributed by atoms with E-state index in [9.17, 15) is 5.11 Å². The summed E-state index contributed by atoms with van der Waals surface area (Å²) in [7, 11) is 0. The maximum Gasteiger partial charge on any atom is 0.124 e. The highest BCUT2D eigenvalue weighted by Crippen LogP contribution is 2.31. The van der Waals surface area contributed by atoms with Crippen LogP contribution in [0.25, 0.3) is 0 Å². The van der Waals surface area contributed by atoms with Crippen molar-refractivity contribution in [3.63, 3.8) is 0 Å². The molecule has 0 aromatic heterocycles. The number of hydrogen-bond donors (Lipinski definition) is 1. The van der Waals surface area contributed by atoms with Gasteiger partial charge in [0.15, 0.2) is 0 Å². The summed E-state index contributed by atoms with van der Waals surface area (Å²) in [6.07, 6.45) is -0.471. The van der Waals surface area contributed by atoms with Crippen molar-refractivity contribution in [2.24, 2.45) is 0 Å². The van der Waals surface area contributed by atoms with E-state index >= 15 is 0 Å². The predicted octanol–water partition coefficient (Wildman–Crippen LogP) is 3.90. The lowest BCUT2D eigenvalue weighted by atomic mass is 10.1. The number of fused-ring (bicyclic) bond motifs is 1. The van der Waals surface area contributed by atoms with E-state index in [4.69, 9.17) is 4.74 Å². The van der Waals surface area contributed by atoms with Crippen LogP contribution >= 0.6 is 15.9 Å². The second kappa shape index (κ2) is 6.08. The normalized spacial score (nSPS) is 15.9. The summed E-state index contributed by atoms with van der Waals surface area (Å²) in [6, 6.07) is 14.3. The van der Waals surface area contributed by atoms with Gasteiger partial charge in [0.2, 0.25) is 0 Å². The van der Waals surface area contributed by atoms with Crippen LogP contribution in [-0.2, 0) is 6.54 Å². The van der Waals surface area contributed by atoms with Gasteiger partial charge < -0.3 is 14.7 Å². The quantitative estimate of drug-likeness (QED) is 0.894. The first-order chi connectivity index (χ1) is 10.1. The van der Waals surface area contributed by atoms with Crippen molar-refractivity contribution in [1.82, 2.24) is 0 Å². The number of rotatable bonds is 2. The number of nitrogens with zero attached hydrogens (tertiary/aromatic N) is 1. The number of ether oxygens (including phenoxy) is 1. The molecule has 0 spiro atoms. The molecule has 1 heterocycles. The monoisotopic (exact) mass is 347 g/mol. The number of benzene rings is 2. The molecule has 2 aromatic carbocycles. The van der Waals surface area contributed by atoms with Gasteiger partial charge in [-0.05, 0) is 30.7 Å². The van der Waals surface area contributed by atoms with Crippen LogP contribution in [0.2, 0.25) is 0 Å². The molecular formula is C17H18BrNO2. The molecule has 0 saturated carbocycles. The molecule has 3 nitrogen and oxygen atoms in total. The minimum atomic E-state index is -0.471. The Morgan fingerprint density at radius 2 is 2.05 bits per heavy atom. The van der Waals surface area contributed by atoms with Crippen LogP contribution in [0.15, 0.2) is 46.9 Å². The zero-order valence-electron chi connectivity index (χ0n) is 11.9. The van der Waals surface area contributed by atoms with E-state index in [1.54, 1.807) is 6.92 Å². The topological polar surface area (TPSA) is 32.7 Å². The van der Waals surface area contributed by atoms with E-state index in [-0.39, 0.29) is 0 Å². The lowest BCUT2D eigenvalue weighted by molar-refractivity contribution is 0.198. The van der Waals surface area contributed by atoms with Crippen molar-refractivity contribution in [2.75, 3.05) is 18.1 Å². The first-order valence-electron chi connectivity index (χ1n) is 7.08. The molecule has 1 aliphatic heterocycles. The fourth-order valence-electron chi connectivity index (χ4n) is 2.60. The largest absolute Gasteiger partial charge is 0.491 e. The van der Waals surface area contributed by atoms with Crippen molar-refractivity contribution >= 4 is 21.6 Å². The third kappa shape index (κ3) is 3.06. The van der Waals surface area contributed by atoms with Gasteiger partial charge in [-0.2, -0.15) is 0 Å². The minimum absolute atomic E-state index is 0.471. The molecule has 0 aliphatic carbocycles. The van der Waals surface area contributed by atoms with Gasteiger partial charge in [-0.25, -0.2) is 0 Å². The van der Waals surface area contributed by atoms with Crippen molar-refractivity contribution in [2.45, 2.75) is 19.6 Å². The number of hydrogen-bond acceptors (Lipinski definition) is 3. The van der Waals surface area contributed by atoms with E-state index in [1.807, 2.05) is 24.3 Å². The van der Waals surface area contributed by atoms with Gasteiger partial charge in [0.1, 0.15) is 12.4 Å². The summed E-state index contributed by atoms with van der Waals surface area (Å²) < 4.78 is 6.74. The van der Waals surface area contributed by atoms with Gasteiger partial charge in [0, 0.05) is 22.3 Å². The third-order valence-corrected chi connectivity index (χ3v) is 4.44. The lowest BCUT2D eigenvalue weighted by Crippen LogP contribution is -2.25. The molecule has 0 amide bonds. The summed E-state index contributed by atoms with van der Waals surface area (Å²) in [6.45, 7) is 4.12. The van der Waals surface area contributed by atoms with E-state index < -0.39 is 6.10 Å². The molecule has 1 N–H and O–H groups in total. The van der Waals surface area contributed by atoms with Crippen LogP contribution in [0.5, 0.6) is 5.75 Å². The summed E-state index contributed by atoms with van der Waals surface area (Å²) in [5, 5.41) is 9.72. The molecule has 1 unspecified atom stereocenters. The lowest BCUT2D eigenvalue weighted by Gasteiger charge is -2.23. The van der Waals surface area contributed by atoms with Gasteiger partial charge >= 0.3 is 0 Å². The maximum atomic E-state index is 9.72. The molecule has 2 aromatic rings. The van der Waals surface area contributed by atoms with Gasteiger partial charge in [-0.15, -0.1) is 0 Å². The van der Waals surface area contributed by atoms with Crippen molar-refractivity contribution < 1.29 is 9.84 Å². The van der Waals surface area contributed by atoms with E-state index in [0.29, 0.717) is 6.61 Å². The SMILES string of the molecule is CC(O)c1ccc(N2CCOc3ccccc3C2)cc1Br. The fraction of sp³-hybridized carbons (Fsp3) is 0.294. The first-order valence-corrected chi connectivity index (χ1v) is 7.87. The molecule has 1 atom stereocenters. The highest BCUT2D eigenvalue weighted by Gasteiger charge is 2.16. The van der Waals surface area contributed by atoms with Crippen molar-refractivity contribution in [1.29, 1.82) is 0 Å². The molecule has 0 saturated heterocycles. The standard InChI is InChI=1S/C17H18BrNO2/c1-12(20)15-7-6-14(10-16(15)18)19-8-9-21-17-5-3-2-4-13(17)11-19/h2-7,10,12,20H,8-9,11H2,1H3. The van der Waals surface area contributed by atoms with E-state index in [2.05, 4.69) is 39.0 Å². The van der Waals surface area contributed by atoms with Gasteiger partial charge in [0.05, 0.1) is 12.6 Å². The van der Waals surface area contributed by atoms with Crippen LogP contribution < -0.4 is 9.64 Å². The van der Waals surface area contributed by atoms with Gasteiger partial charge in [-0.3, -0.25) is 0 Å². The number of para-hydroxylation sites is 1. The summed E-state index contributed by atoms with van der Waals surface area (Å²) in [5.74, 6) is 0.972. The van der Waals surface area contributed by atoms with Crippen LogP contribution in [0.1, 0.15) is 24.2 Å². The summed E-state index contributed by atoms with van der Waals surface area (Å²) >= 11 is 3.55. The molecule has 3 rings (SSSR count). The predicted molar refractivity (Wildman–Crippen MR) is 87.8 cm³/mol. The zero-order chi connectivity index (χ0) is 14.8. The number of halogens is 1. The number of anilines is 1. The minimum Gasteiger partial charge on any atom is -0.491 e. The molecule has 0 fully saturated rings. The van der Waals surface area contributed by atoms with E-state index in [0.717, 1.165) is 34.6 Å². The van der Waals surface area contributed by atoms with Crippen molar-refractivity contribution in [3.8, 4) is 5.75 Å². The van der Waals surface area contributed by atoms with Crippen LogP contribution in [0.3, 0.4) is 0 Å². The molecule has 0 radical (unpaired) electrons. The Balaban J connectivity index is 1.89. The second-order valence-corrected chi connectivity index (χ2v) is 6.11. The van der Waals surface area contributed by atoms with Crippen LogP contribution in [-0.4, -0.2) is 18.3 Å². The Morgan fingerprint density at radius 1 is 1.24 bits per heavy atom. The van der Waals surface area contributed by atoms with Gasteiger partial charge in [-0.1, -0.05) is 40.2 Å². The maximum absolute atomic E-state index is 9.72. The highest BCUT2D eigenvalue weighted by atomic mass is 79.9. The Labute approximate surface area is 133 Å². The van der Waals surface area contributed by atoms with Crippen LogP contribution in [0.4, 0.5) is 5.69 Å². The molecule has 1 aliphatic rings. The molecule has 21 heavy (non-hydrogen) atoms. The fourth-order valence-corrected chi connectivity index (χ4v) is 3.30. The average Bonchev–Trinajstić information content (AvgIpc) is 2.68. The first kappa shape index (κ1) is 14.4. The highest BCUT2D eigenvalue weighted by molar-refractivity contribution is 9.10. The average molecular weight is 348 g/mol. The molecule has 110 valence electrons. The third-order valence-electron chi connectivity index (χ3n) is 3.75. The number of aliphatic hydroxyl groups is 1. The summed E-state index contributed by atoms with van der Waals surface area (Å²) in [4.78, 5) is 2.29. The smallest absolute Gasteiger partial charge is 0.124 e. The Bertz CT molecular complexity index is 642. The van der Waals surface area contributed by atoms with Crippen LogP contribution in [0, 0.1) is 0 Å². The molecule has 4 heteroatoms. The second-order valence-electron chi connectivity index (χ2n) is 5.26. The zero-order valence-corrected chi connectivity index (χ0v) is 13.5. The van der Waals surface area contributed by atoms with Crippen molar-refractivity contribution in [3.05, 3.63) is 58.1 Å². The number of aliphatic hydroxyl groups excluding tert-OH is 1. The Kier molecular flexibility index (Phi) is 4.17. The molecule has 0 bridgehead atoms. The summed E-state index contributed by atoms with van der Waals surface area (Å²) in [5.41, 5.74) is 3.24.